The standard InChI is InChI=1S/C19H17N3O4S/c1-22(15-5-3-2-4-6-15)19-10-7-14(12-20-19)21-27(23,24)16-8-9-17-18(11-16)26-13-25-17/h2-12,21H,13H2,1H3. The number of hydrogen-bond acceptors (Lipinski definition) is 6. The van der Waals surface area contributed by atoms with Crippen molar-refractivity contribution >= 4 is 27.2 Å². The Morgan fingerprint density at radius 2 is 1.78 bits per heavy atom. The second-order valence-electron chi connectivity index (χ2n) is 5.92. The third-order valence-corrected chi connectivity index (χ3v) is 5.52. The summed E-state index contributed by atoms with van der Waals surface area (Å²) in [6.45, 7) is 0.0899. The van der Waals surface area contributed by atoms with Crippen molar-refractivity contribution in [1.29, 1.82) is 0 Å². The molecule has 2 aromatic carbocycles. The summed E-state index contributed by atoms with van der Waals surface area (Å²) in [6.07, 6.45) is 1.49. The first-order valence-electron chi connectivity index (χ1n) is 8.20. The highest BCUT2D eigenvalue weighted by Gasteiger charge is 2.20. The molecule has 1 aliphatic heterocycles. The third kappa shape index (κ3) is 3.52. The van der Waals surface area contributed by atoms with E-state index in [9.17, 15) is 8.42 Å². The maximum absolute atomic E-state index is 12.6. The van der Waals surface area contributed by atoms with Gasteiger partial charge in [-0.3, -0.25) is 4.72 Å². The fourth-order valence-corrected chi connectivity index (χ4v) is 3.75. The minimum absolute atomic E-state index is 0.0899. The Morgan fingerprint density at radius 3 is 2.52 bits per heavy atom. The molecule has 0 unspecified atom stereocenters. The van der Waals surface area contributed by atoms with Gasteiger partial charge >= 0.3 is 0 Å². The number of nitrogens with zero attached hydrogens (tertiary/aromatic N) is 2. The molecule has 0 atom stereocenters. The Labute approximate surface area is 157 Å². The number of sulfonamides is 1. The van der Waals surface area contributed by atoms with Crippen LogP contribution in [0.1, 0.15) is 0 Å². The molecule has 4 rings (SSSR count). The number of fused-ring (bicyclic) bond motifs is 1. The van der Waals surface area contributed by atoms with E-state index in [0.717, 1.165) is 5.69 Å². The van der Waals surface area contributed by atoms with Crippen LogP contribution >= 0.6 is 0 Å². The van der Waals surface area contributed by atoms with Gasteiger partial charge in [0, 0.05) is 18.8 Å². The first kappa shape index (κ1) is 17.2. The number of anilines is 3. The number of ether oxygens (including phenoxy) is 2. The first-order chi connectivity index (χ1) is 13.0. The number of hydrogen-bond donors (Lipinski definition) is 1. The van der Waals surface area contributed by atoms with E-state index in [4.69, 9.17) is 9.47 Å². The summed E-state index contributed by atoms with van der Waals surface area (Å²) in [6, 6.07) is 17.7. The van der Waals surface area contributed by atoms with Gasteiger partial charge in [-0.25, -0.2) is 13.4 Å². The van der Waals surface area contributed by atoms with E-state index in [1.807, 2.05) is 42.3 Å². The molecule has 0 amide bonds. The van der Waals surface area contributed by atoms with Gasteiger partial charge in [-0.05, 0) is 36.4 Å². The van der Waals surface area contributed by atoms with Gasteiger partial charge in [0.05, 0.1) is 16.8 Å². The number of nitrogens with one attached hydrogen (secondary N) is 1. The van der Waals surface area contributed by atoms with Gasteiger partial charge in [-0.15, -0.1) is 0 Å². The molecule has 0 fully saturated rings. The summed E-state index contributed by atoms with van der Waals surface area (Å²) < 4.78 is 38.2. The second kappa shape index (κ2) is 6.81. The molecule has 0 spiro atoms. The van der Waals surface area contributed by atoms with Crippen molar-refractivity contribution in [3.63, 3.8) is 0 Å². The van der Waals surface area contributed by atoms with Crippen molar-refractivity contribution < 1.29 is 17.9 Å². The minimum Gasteiger partial charge on any atom is -0.454 e. The maximum Gasteiger partial charge on any atom is 0.262 e. The summed E-state index contributed by atoms with van der Waals surface area (Å²) in [5.74, 6) is 1.65. The lowest BCUT2D eigenvalue weighted by Gasteiger charge is -2.18. The molecule has 1 N–H and O–H groups in total. The zero-order chi connectivity index (χ0) is 18.9. The molecule has 3 aromatic rings. The third-order valence-electron chi connectivity index (χ3n) is 4.14. The van der Waals surface area contributed by atoms with Gasteiger partial charge in [0.25, 0.3) is 10.0 Å². The number of rotatable bonds is 5. The van der Waals surface area contributed by atoms with Crippen LogP contribution in [0.2, 0.25) is 0 Å². The Hall–Kier alpha value is -3.26. The summed E-state index contributed by atoms with van der Waals surface area (Å²) in [5.41, 5.74) is 1.36. The van der Waals surface area contributed by atoms with E-state index < -0.39 is 10.0 Å². The molecule has 7 nitrogen and oxygen atoms in total. The van der Waals surface area contributed by atoms with Crippen molar-refractivity contribution in [1.82, 2.24) is 4.98 Å². The van der Waals surface area contributed by atoms with E-state index in [1.165, 1.54) is 18.3 Å². The largest absolute Gasteiger partial charge is 0.454 e. The summed E-state index contributed by atoms with van der Waals surface area (Å²) >= 11 is 0. The van der Waals surface area contributed by atoms with Gasteiger partial charge in [0.2, 0.25) is 6.79 Å². The van der Waals surface area contributed by atoms with Gasteiger partial charge in [-0.2, -0.15) is 0 Å². The van der Waals surface area contributed by atoms with E-state index in [1.54, 1.807) is 18.2 Å². The Balaban J connectivity index is 1.52. The van der Waals surface area contributed by atoms with Gasteiger partial charge in [0.15, 0.2) is 11.5 Å². The zero-order valence-electron chi connectivity index (χ0n) is 14.5. The smallest absolute Gasteiger partial charge is 0.262 e. The average Bonchev–Trinajstić information content (AvgIpc) is 3.16. The van der Waals surface area contributed by atoms with Crippen molar-refractivity contribution in [3.8, 4) is 11.5 Å². The first-order valence-corrected chi connectivity index (χ1v) is 9.68. The van der Waals surface area contributed by atoms with Crippen LogP contribution in [0, 0.1) is 0 Å². The van der Waals surface area contributed by atoms with Crippen molar-refractivity contribution in [2.45, 2.75) is 4.90 Å². The van der Waals surface area contributed by atoms with Crippen LogP contribution in [0.15, 0.2) is 71.8 Å². The highest BCUT2D eigenvalue weighted by molar-refractivity contribution is 7.92. The SMILES string of the molecule is CN(c1ccccc1)c1ccc(NS(=O)(=O)c2ccc3c(c2)OCO3)cn1. The van der Waals surface area contributed by atoms with Crippen LogP contribution in [0.4, 0.5) is 17.2 Å². The molecule has 1 aliphatic rings. The van der Waals surface area contributed by atoms with Crippen molar-refractivity contribution in [2.24, 2.45) is 0 Å². The van der Waals surface area contributed by atoms with E-state index in [-0.39, 0.29) is 11.7 Å². The number of aromatic nitrogens is 1. The second-order valence-corrected chi connectivity index (χ2v) is 7.60. The lowest BCUT2D eigenvalue weighted by molar-refractivity contribution is 0.174. The lowest BCUT2D eigenvalue weighted by atomic mass is 10.3. The zero-order valence-corrected chi connectivity index (χ0v) is 15.3. The molecule has 27 heavy (non-hydrogen) atoms. The molecule has 8 heteroatoms. The van der Waals surface area contributed by atoms with Crippen LogP contribution in [0.3, 0.4) is 0 Å². The average molecular weight is 383 g/mol. The van der Waals surface area contributed by atoms with Crippen molar-refractivity contribution in [2.75, 3.05) is 23.5 Å². The number of benzene rings is 2. The molecule has 0 radical (unpaired) electrons. The van der Waals surface area contributed by atoms with Crippen molar-refractivity contribution in [3.05, 3.63) is 66.9 Å². The molecule has 2 heterocycles. The van der Waals surface area contributed by atoms with Crippen LogP contribution in [-0.4, -0.2) is 27.2 Å². The fourth-order valence-electron chi connectivity index (χ4n) is 2.69. The summed E-state index contributed by atoms with van der Waals surface area (Å²) in [4.78, 5) is 6.35. The predicted molar refractivity (Wildman–Crippen MR) is 102 cm³/mol. The molecule has 1 aromatic heterocycles. The Kier molecular flexibility index (Phi) is 4.33. The van der Waals surface area contributed by atoms with Gasteiger partial charge < -0.3 is 14.4 Å². The van der Waals surface area contributed by atoms with E-state index in [2.05, 4.69) is 9.71 Å². The molecular weight excluding hydrogens is 366 g/mol. The molecule has 138 valence electrons. The molecule has 0 saturated heterocycles. The molecule has 0 saturated carbocycles. The van der Waals surface area contributed by atoms with E-state index in [0.29, 0.717) is 23.0 Å². The predicted octanol–water partition coefficient (Wildman–Crippen LogP) is 3.38. The number of pyridine rings is 1. The molecular formula is C19H17N3O4S. The highest BCUT2D eigenvalue weighted by atomic mass is 32.2. The van der Waals surface area contributed by atoms with Crippen LogP contribution < -0.4 is 19.1 Å². The van der Waals surface area contributed by atoms with E-state index >= 15 is 0 Å². The van der Waals surface area contributed by atoms with Crippen LogP contribution in [0.25, 0.3) is 0 Å². The van der Waals surface area contributed by atoms with Gasteiger partial charge in [-0.1, -0.05) is 18.2 Å². The molecule has 0 bridgehead atoms. The Morgan fingerprint density at radius 1 is 1.00 bits per heavy atom. The van der Waals surface area contributed by atoms with Crippen LogP contribution in [-0.2, 0) is 10.0 Å². The Bertz CT molecular complexity index is 1050. The minimum atomic E-state index is -3.76. The van der Waals surface area contributed by atoms with Crippen LogP contribution in [0.5, 0.6) is 11.5 Å². The lowest BCUT2D eigenvalue weighted by Crippen LogP contribution is -2.14. The topological polar surface area (TPSA) is 80.8 Å². The molecule has 0 aliphatic carbocycles. The number of para-hydroxylation sites is 1. The highest BCUT2D eigenvalue weighted by Crippen LogP contribution is 2.34. The maximum atomic E-state index is 12.6. The van der Waals surface area contributed by atoms with Gasteiger partial charge in [0.1, 0.15) is 5.82 Å². The monoisotopic (exact) mass is 383 g/mol. The normalized spacial score (nSPS) is 12.6. The fraction of sp³-hybridized carbons (Fsp3) is 0.105. The quantitative estimate of drug-likeness (QED) is 0.727. The summed E-state index contributed by atoms with van der Waals surface area (Å²) in [7, 11) is -1.86. The summed E-state index contributed by atoms with van der Waals surface area (Å²) in [5, 5.41) is 0.